The first-order valence-electron chi connectivity index (χ1n) is 4.85. The van der Waals surface area contributed by atoms with Crippen LogP contribution in [0.25, 0.3) is 0 Å². The van der Waals surface area contributed by atoms with Gasteiger partial charge in [0.15, 0.2) is 0 Å². The molecular weight excluding hydrogens is 152 g/mol. The molecule has 0 spiro atoms. The third-order valence-electron chi connectivity index (χ3n) is 1.88. The molecule has 12 heavy (non-hydrogen) atoms. The number of hydrogen-bond acceptors (Lipinski definition) is 2. The van der Waals surface area contributed by atoms with E-state index in [4.69, 9.17) is 10.2 Å². The average molecular weight is 172 g/mol. The smallest absolute Gasteiger partial charge is 0.269 e. The molecule has 0 unspecified atom stereocenters. The van der Waals surface area contributed by atoms with Crippen LogP contribution in [-0.2, 0) is 0 Å². The molecule has 2 N–H and O–H groups in total. The number of unbranched alkanes of at least 4 members (excludes halogenated alkanes) is 6. The van der Waals surface area contributed by atoms with Gasteiger partial charge in [-0.05, 0) is 18.9 Å². The molecule has 0 aliphatic carbocycles. The standard InChI is InChI=1S/C10H20O2/c1-2-3-4-5-6-7-8-9-10(11)12/h9,11-12H,2-8H2,1H3. The summed E-state index contributed by atoms with van der Waals surface area (Å²) >= 11 is 0. The lowest BCUT2D eigenvalue weighted by Crippen LogP contribution is -1.80. The van der Waals surface area contributed by atoms with E-state index in [-0.39, 0.29) is 0 Å². The van der Waals surface area contributed by atoms with Gasteiger partial charge in [-0.25, -0.2) is 0 Å². The number of aliphatic hydroxyl groups excluding tert-OH is 1. The third kappa shape index (κ3) is 9.34. The van der Waals surface area contributed by atoms with E-state index in [1.165, 1.54) is 38.2 Å². The zero-order chi connectivity index (χ0) is 9.23. The van der Waals surface area contributed by atoms with Gasteiger partial charge in [0, 0.05) is 0 Å². The topological polar surface area (TPSA) is 40.5 Å². The number of aliphatic hydroxyl groups is 2. The minimum atomic E-state index is -0.538. The quantitative estimate of drug-likeness (QED) is 0.454. The van der Waals surface area contributed by atoms with Crippen molar-refractivity contribution in [1.82, 2.24) is 0 Å². The number of allylic oxidation sites excluding steroid dienone is 1. The van der Waals surface area contributed by atoms with Crippen molar-refractivity contribution in [3.05, 3.63) is 12.0 Å². The lowest BCUT2D eigenvalue weighted by Gasteiger charge is -1.97. The molecule has 0 rings (SSSR count). The molecule has 0 aromatic heterocycles. The van der Waals surface area contributed by atoms with E-state index in [0.29, 0.717) is 0 Å². The summed E-state index contributed by atoms with van der Waals surface area (Å²) in [6.45, 7) is 2.20. The monoisotopic (exact) mass is 172 g/mol. The van der Waals surface area contributed by atoms with Gasteiger partial charge in [-0.2, -0.15) is 0 Å². The first-order chi connectivity index (χ1) is 5.77. The largest absolute Gasteiger partial charge is 0.481 e. The van der Waals surface area contributed by atoms with Crippen molar-refractivity contribution in [1.29, 1.82) is 0 Å². The highest BCUT2D eigenvalue weighted by molar-refractivity contribution is 4.78. The van der Waals surface area contributed by atoms with Gasteiger partial charge in [0.2, 0.25) is 0 Å². The molecule has 2 heteroatoms. The van der Waals surface area contributed by atoms with E-state index in [1.54, 1.807) is 0 Å². The van der Waals surface area contributed by atoms with Crippen molar-refractivity contribution in [3.8, 4) is 0 Å². The summed E-state index contributed by atoms with van der Waals surface area (Å²) in [6, 6.07) is 0. The molecule has 2 nitrogen and oxygen atoms in total. The second kappa shape index (κ2) is 8.44. The van der Waals surface area contributed by atoms with Gasteiger partial charge in [-0.1, -0.05) is 39.0 Å². The summed E-state index contributed by atoms with van der Waals surface area (Å²) < 4.78 is 0. The lowest BCUT2D eigenvalue weighted by molar-refractivity contribution is 0.189. The first-order valence-corrected chi connectivity index (χ1v) is 4.85. The summed E-state index contributed by atoms with van der Waals surface area (Å²) in [6.07, 6.45) is 9.68. The van der Waals surface area contributed by atoms with Crippen molar-refractivity contribution < 1.29 is 10.2 Å². The van der Waals surface area contributed by atoms with Crippen LogP contribution in [0.2, 0.25) is 0 Å². The van der Waals surface area contributed by atoms with E-state index >= 15 is 0 Å². The summed E-state index contributed by atoms with van der Waals surface area (Å²) in [4.78, 5) is 0. The molecule has 0 amide bonds. The fourth-order valence-electron chi connectivity index (χ4n) is 1.16. The van der Waals surface area contributed by atoms with Crippen LogP contribution in [0, 0.1) is 0 Å². The molecule has 0 aromatic carbocycles. The molecular formula is C10H20O2. The molecule has 0 aliphatic rings. The third-order valence-corrected chi connectivity index (χ3v) is 1.88. The van der Waals surface area contributed by atoms with E-state index in [2.05, 4.69) is 6.92 Å². The Bertz CT molecular complexity index is 115. The summed E-state index contributed by atoms with van der Waals surface area (Å²) in [5, 5.41) is 16.8. The summed E-state index contributed by atoms with van der Waals surface area (Å²) in [7, 11) is 0. The second-order valence-electron chi connectivity index (χ2n) is 3.12. The Kier molecular flexibility index (Phi) is 7.97. The Morgan fingerprint density at radius 3 is 2.17 bits per heavy atom. The Hall–Kier alpha value is -0.660. The molecule has 0 aliphatic heterocycles. The SMILES string of the molecule is CCCCCCCCC=C(O)O. The molecule has 0 heterocycles. The normalized spacial score (nSPS) is 9.75. The van der Waals surface area contributed by atoms with Gasteiger partial charge in [-0.3, -0.25) is 0 Å². The minimum absolute atomic E-state index is 0.538. The maximum Gasteiger partial charge on any atom is 0.269 e. The fraction of sp³-hybridized carbons (Fsp3) is 0.800. The summed E-state index contributed by atoms with van der Waals surface area (Å²) in [5.74, 6) is -0.538. The molecule has 0 atom stereocenters. The van der Waals surface area contributed by atoms with Crippen LogP contribution in [0.1, 0.15) is 51.9 Å². The van der Waals surface area contributed by atoms with E-state index in [1.807, 2.05) is 0 Å². The van der Waals surface area contributed by atoms with Crippen LogP contribution < -0.4 is 0 Å². The highest BCUT2D eigenvalue weighted by Crippen LogP contribution is 2.07. The van der Waals surface area contributed by atoms with Gasteiger partial charge in [-0.15, -0.1) is 0 Å². The van der Waals surface area contributed by atoms with Crippen LogP contribution in [0.3, 0.4) is 0 Å². The number of rotatable bonds is 7. The van der Waals surface area contributed by atoms with Crippen molar-refractivity contribution in [3.63, 3.8) is 0 Å². The maximum atomic E-state index is 8.41. The predicted octanol–water partition coefficient (Wildman–Crippen LogP) is 3.69. The maximum absolute atomic E-state index is 8.41. The zero-order valence-corrected chi connectivity index (χ0v) is 7.92. The van der Waals surface area contributed by atoms with Crippen LogP contribution in [-0.4, -0.2) is 10.2 Å². The summed E-state index contributed by atoms with van der Waals surface area (Å²) in [5.41, 5.74) is 0. The van der Waals surface area contributed by atoms with Crippen molar-refractivity contribution in [2.45, 2.75) is 51.9 Å². The Morgan fingerprint density at radius 1 is 1.00 bits per heavy atom. The molecule has 0 radical (unpaired) electrons. The van der Waals surface area contributed by atoms with Gasteiger partial charge in [0.05, 0.1) is 0 Å². The predicted molar refractivity (Wildman–Crippen MR) is 51.3 cm³/mol. The van der Waals surface area contributed by atoms with Gasteiger partial charge in [0.25, 0.3) is 5.95 Å². The Labute approximate surface area is 74.9 Å². The molecule has 72 valence electrons. The molecule has 0 aromatic rings. The Morgan fingerprint density at radius 2 is 1.58 bits per heavy atom. The lowest BCUT2D eigenvalue weighted by atomic mass is 10.1. The van der Waals surface area contributed by atoms with Crippen molar-refractivity contribution >= 4 is 0 Å². The van der Waals surface area contributed by atoms with E-state index in [0.717, 1.165) is 12.8 Å². The highest BCUT2D eigenvalue weighted by atomic mass is 16.5. The molecule has 0 fully saturated rings. The second-order valence-corrected chi connectivity index (χ2v) is 3.12. The van der Waals surface area contributed by atoms with Crippen molar-refractivity contribution in [2.75, 3.05) is 0 Å². The average Bonchev–Trinajstić information content (AvgIpc) is 2.02. The van der Waals surface area contributed by atoms with Gasteiger partial charge in [0.1, 0.15) is 0 Å². The van der Waals surface area contributed by atoms with Crippen LogP contribution in [0.4, 0.5) is 0 Å². The van der Waals surface area contributed by atoms with Crippen LogP contribution in [0.15, 0.2) is 12.0 Å². The first kappa shape index (κ1) is 11.3. The fourth-order valence-corrected chi connectivity index (χ4v) is 1.16. The van der Waals surface area contributed by atoms with Crippen molar-refractivity contribution in [2.24, 2.45) is 0 Å². The Balaban J connectivity index is 2.96. The zero-order valence-electron chi connectivity index (χ0n) is 7.92. The van der Waals surface area contributed by atoms with E-state index < -0.39 is 5.95 Å². The molecule has 0 saturated heterocycles. The molecule has 0 bridgehead atoms. The van der Waals surface area contributed by atoms with Gasteiger partial charge < -0.3 is 10.2 Å². The van der Waals surface area contributed by atoms with Crippen LogP contribution >= 0.6 is 0 Å². The molecule has 0 saturated carbocycles. The van der Waals surface area contributed by atoms with Gasteiger partial charge >= 0.3 is 0 Å². The van der Waals surface area contributed by atoms with Crippen LogP contribution in [0.5, 0.6) is 0 Å². The van der Waals surface area contributed by atoms with E-state index in [9.17, 15) is 0 Å². The highest BCUT2D eigenvalue weighted by Gasteiger charge is 1.89. The number of hydrogen-bond donors (Lipinski definition) is 2. The minimum Gasteiger partial charge on any atom is -0.481 e.